The Hall–Kier alpha value is -3.06. The van der Waals surface area contributed by atoms with Crippen LogP contribution in [0.25, 0.3) is 10.8 Å². The maximum absolute atomic E-state index is 13.5. The third-order valence-electron chi connectivity index (χ3n) is 8.97. The van der Waals surface area contributed by atoms with Gasteiger partial charge in [-0.2, -0.15) is 4.31 Å². The van der Waals surface area contributed by atoms with E-state index < -0.39 is 26.0 Å². The number of furan rings is 1. The molecule has 2 saturated heterocycles. The van der Waals surface area contributed by atoms with E-state index in [-0.39, 0.29) is 29.7 Å². The van der Waals surface area contributed by atoms with Gasteiger partial charge in [-0.25, -0.2) is 21.1 Å². The fourth-order valence-electron chi connectivity index (χ4n) is 6.62. The second-order valence-corrected chi connectivity index (χ2v) is 15.5. The Kier molecular flexibility index (Phi) is 7.75. The summed E-state index contributed by atoms with van der Waals surface area (Å²) in [7, 11) is -6.97. The number of piperidine rings is 2. The van der Waals surface area contributed by atoms with Gasteiger partial charge in [0.2, 0.25) is 15.1 Å². The molecular formula is C30H35N3O7S2. The molecule has 42 heavy (non-hydrogen) atoms. The molecule has 2 fully saturated rings. The first kappa shape index (κ1) is 29.0. The molecule has 0 spiro atoms. The molecule has 6 rings (SSSR count). The van der Waals surface area contributed by atoms with Gasteiger partial charge in [-0.1, -0.05) is 18.2 Å². The highest BCUT2D eigenvalue weighted by molar-refractivity contribution is 7.89. The van der Waals surface area contributed by atoms with Crippen molar-refractivity contribution < 1.29 is 30.8 Å². The van der Waals surface area contributed by atoms with E-state index in [2.05, 4.69) is 0 Å². The lowest BCUT2D eigenvalue weighted by molar-refractivity contribution is -0.123. The second-order valence-electron chi connectivity index (χ2n) is 11.6. The second kappa shape index (κ2) is 11.2. The number of anilines is 1. The molecule has 0 N–H and O–H groups in total. The summed E-state index contributed by atoms with van der Waals surface area (Å²) in [6.45, 7) is 2.05. The van der Waals surface area contributed by atoms with Crippen molar-refractivity contribution >= 4 is 48.2 Å². The van der Waals surface area contributed by atoms with Crippen LogP contribution in [0.3, 0.4) is 0 Å². The molecular weight excluding hydrogens is 578 g/mol. The van der Waals surface area contributed by atoms with E-state index in [1.165, 1.54) is 33.3 Å². The van der Waals surface area contributed by atoms with Crippen molar-refractivity contribution in [3.63, 3.8) is 0 Å². The molecule has 0 saturated carbocycles. The maximum Gasteiger partial charge on any atom is 0.276 e. The van der Waals surface area contributed by atoms with Gasteiger partial charge in [-0.3, -0.25) is 9.59 Å². The number of benzene rings is 2. The Labute approximate surface area is 246 Å². The van der Waals surface area contributed by atoms with Crippen LogP contribution in [0.4, 0.5) is 5.69 Å². The summed E-state index contributed by atoms with van der Waals surface area (Å²) in [5.41, 5.74) is 2.29. The molecule has 3 aliphatic heterocycles. The number of carbonyl (C=O) groups excluding carboxylic acids is 2. The van der Waals surface area contributed by atoms with Gasteiger partial charge in [-0.05, 0) is 73.2 Å². The summed E-state index contributed by atoms with van der Waals surface area (Å²) in [6, 6.07) is 12.4. The molecule has 1 amide bonds. The van der Waals surface area contributed by atoms with E-state index in [0.717, 1.165) is 41.3 Å². The van der Waals surface area contributed by atoms with Gasteiger partial charge in [0.05, 0.1) is 18.2 Å². The number of amides is 1. The minimum Gasteiger partial charge on any atom is -0.452 e. The van der Waals surface area contributed by atoms with Crippen LogP contribution in [0, 0.1) is 11.8 Å². The number of hydrogen-bond donors (Lipinski definition) is 0. The molecule has 12 heteroatoms. The lowest BCUT2D eigenvalue weighted by atomic mass is 9.89. The predicted molar refractivity (Wildman–Crippen MR) is 158 cm³/mol. The Balaban J connectivity index is 1.16. The average molecular weight is 614 g/mol. The van der Waals surface area contributed by atoms with Crippen LogP contribution in [0.15, 0.2) is 58.2 Å². The number of hydrogen-bond acceptors (Lipinski definition) is 7. The van der Waals surface area contributed by atoms with Crippen molar-refractivity contribution in [3.8, 4) is 0 Å². The van der Waals surface area contributed by atoms with Crippen molar-refractivity contribution in [3.05, 3.63) is 59.9 Å². The van der Waals surface area contributed by atoms with Crippen molar-refractivity contribution in [2.45, 2.75) is 43.6 Å². The summed E-state index contributed by atoms with van der Waals surface area (Å²) >= 11 is 0. The summed E-state index contributed by atoms with van der Waals surface area (Å²) in [4.78, 5) is 28.7. The van der Waals surface area contributed by atoms with Gasteiger partial charge < -0.3 is 9.32 Å². The summed E-state index contributed by atoms with van der Waals surface area (Å²) in [5, 5.41) is 1.61. The quantitative estimate of drug-likeness (QED) is 0.361. The highest BCUT2D eigenvalue weighted by atomic mass is 32.2. The number of rotatable bonds is 9. The molecule has 2 aromatic carbocycles. The molecule has 4 heterocycles. The van der Waals surface area contributed by atoms with Crippen LogP contribution >= 0.6 is 0 Å². The van der Waals surface area contributed by atoms with Crippen LogP contribution in [0.1, 0.15) is 48.0 Å². The van der Waals surface area contributed by atoms with Crippen LogP contribution in [-0.4, -0.2) is 76.1 Å². The minimum absolute atomic E-state index is 0.0170. The van der Waals surface area contributed by atoms with E-state index in [1.807, 2.05) is 35.2 Å². The van der Waals surface area contributed by atoms with Crippen LogP contribution in [0.2, 0.25) is 0 Å². The smallest absolute Gasteiger partial charge is 0.276 e. The number of carbonyl (C=O) groups is 2. The van der Waals surface area contributed by atoms with Crippen molar-refractivity contribution in [1.29, 1.82) is 0 Å². The molecule has 0 aliphatic carbocycles. The molecule has 0 radical (unpaired) electrons. The minimum atomic E-state index is -3.79. The summed E-state index contributed by atoms with van der Waals surface area (Å²) in [6.07, 6.45) is 6.29. The molecule has 0 bridgehead atoms. The van der Waals surface area contributed by atoms with E-state index in [0.29, 0.717) is 50.5 Å². The van der Waals surface area contributed by atoms with Gasteiger partial charge in [0.15, 0.2) is 0 Å². The Bertz CT molecular complexity index is 1730. The zero-order valence-electron chi connectivity index (χ0n) is 23.6. The predicted octanol–water partition coefficient (Wildman–Crippen LogP) is 3.67. The number of nitrogens with zero attached hydrogens (tertiary/aromatic N) is 3. The third-order valence-corrected chi connectivity index (χ3v) is 12.0. The Morgan fingerprint density at radius 2 is 1.74 bits per heavy atom. The zero-order valence-corrected chi connectivity index (χ0v) is 25.2. The molecule has 1 unspecified atom stereocenters. The number of Topliss-reactive ketones (excluding diaryl/α,β-unsaturated/α-hetero) is 1. The largest absolute Gasteiger partial charge is 0.452 e. The fraction of sp³-hybridized carbons (Fsp3) is 0.467. The monoisotopic (exact) mass is 613 g/mol. The van der Waals surface area contributed by atoms with Gasteiger partial charge >= 0.3 is 0 Å². The summed E-state index contributed by atoms with van der Waals surface area (Å²) < 4.78 is 57.6. The van der Waals surface area contributed by atoms with E-state index >= 15 is 0 Å². The Morgan fingerprint density at radius 1 is 0.952 bits per heavy atom. The van der Waals surface area contributed by atoms with Crippen molar-refractivity contribution in [2.24, 2.45) is 11.8 Å². The lowest BCUT2D eigenvalue weighted by Gasteiger charge is -2.31. The van der Waals surface area contributed by atoms with E-state index in [4.69, 9.17) is 4.42 Å². The molecule has 10 nitrogen and oxygen atoms in total. The van der Waals surface area contributed by atoms with E-state index in [9.17, 15) is 26.4 Å². The molecule has 1 aromatic heterocycles. The van der Waals surface area contributed by atoms with Crippen LogP contribution in [-0.2, 0) is 31.3 Å². The maximum atomic E-state index is 13.5. The van der Waals surface area contributed by atoms with Crippen LogP contribution < -0.4 is 4.90 Å². The first-order chi connectivity index (χ1) is 20.0. The van der Waals surface area contributed by atoms with E-state index in [1.54, 1.807) is 0 Å². The highest BCUT2D eigenvalue weighted by Gasteiger charge is 2.36. The molecule has 224 valence electrons. The van der Waals surface area contributed by atoms with Crippen LogP contribution in [0.5, 0.6) is 0 Å². The first-order valence-electron chi connectivity index (χ1n) is 14.4. The number of ketones is 1. The fourth-order valence-corrected chi connectivity index (χ4v) is 8.92. The average Bonchev–Trinajstić information content (AvgIpc) is 3.62. The van der Waals surface area contributed by atoms with Gasteiger partial charge in [0.25, 0.3) is 15.9 Å². The standard InChI is InChI=1S/C30H35N3O7S2/c1-41(36,37)31-15-11-21(12-16-31)13-17-33-26-10-9-22(24-6-2-7-25(29(24)26)30(33)35)19-27(34)23-5-3-14-32(20-23)42(38,39)28-8-4-18-40-28/h2,4,6-10,18,21,23H,3,5,11-17,19-20H2,1H3. The highest BCUT2D eigenvalue weighted by Crippen LogP contribution is 2.40. The van der Waals surface area contributed by atoms with Crippen molar-refractivity contribution in [2.75, 3.05) is 43.9 Å². The Morgan fingerprint density at radius 3 is 2.45 bits per heavy atom. The molecule has 3 aromatic rings. The van der Waals surface area contributed by atoms with Gasteiger partial charge in [0.1, 0.15) is 5.78 Å². The topological polar surface area (TPSA) is 125 Å². The SMILES string of the molecule is CS(=O)(=O)N1CCC(CCN2C(=O)c3cccc4c(CC(=O)C5CCCN(S(=O)(=O)c6ccco6)C5)ccc2c34)CC1. The first-order valence-corrected chi connectivity index (χ1v) is 17.7. The normalized spacial score (nSPS) is 20.9. The number of sulfonamides is 2. The summed E-state index contributed by atoms with van der Waals surface area (Å²) in [5.74, 6) is -0.146. The molecule has 3 aliphatic rings. The lowest BCUT2D eigenvalue weighted by Crippen LogP contribution is -2.42. The van der Waals surface area contributed by atoms with Gasteiger partial charge in [0, 0.05) is 56.0 Å². The zero-order chi connectivity index (χ0) is 29.6. The third kappa shape index (κ3) is 5.41. The molecule has 1 atom stereocenters. The van der Waals surface area contributed by atoms with Crippen molar-refractivity contribution in [1.82, 2.24) is 8.61 Å². The van der Waals surface area contributed by atoms with Gasteiger partial charge in [-0.15, -0.1) is 0 Å².